The summed E-state index contributed by atoms with van der Waals surface area (Å²) < 4.78 is 7.04. The molecular weight excluding hydrogens is 286 g/mol. The summed E-state index contributed by atoms with van der Waals surface area (Å²) in [6, 6.07) is 7.64. The molecule has 21 heavy (non-hydrogen) atoms. The Balaban J connectivity index is 2.23. The first kappa shape index (κ1) is 15.4. The van der Waals surface area contributed by atoms with Crippen molar-refractivity contribution in [3.05, 3.63) is 30.1 Å². The van der Waals surface area contributed by atoms with E-state index in [1.807, 2.05) is 28.8 Å². The molecule has 0 fully saturated rings. The van der Waals surface area contributed by atoms with Crippen LogP contribution in [0.15, 0.2) is 24.3 Å². The van der Waals surface area contributed by atoms with Crippen molar-refractivity contribution in [1.82, 2.24) is 9.55 Å². The van der Waals surface area contributed by atoms with Gasteiger partial charge >= 0.3 is 5.97 Å². The molecule has 0 aliphatic carbocycles. The van der Waals surface area contributed by atoms with Crippen LogP contribution in [0.2, 0.25) is 0 Å². The van der Waals surface area contributed by atoms with E-state index in [1.165, 1.54) is 0 Å². The van der Waals surface area contributed by atoms with Gasteiger partial charge in [-0.1, -0.05) is 37.7 Å². The molecule has 0 aliphatic rings. The highest BCUT2D eigenvalue weighted by atomic mass is 32.1. The van der Waals surface area contributed by atoms with Crippen LogP contribution in [0.3, 0.4) is 0 Å². The zero-order valence-electron chi connectivity index (χ0n) is 12.0. The Labute approximate surface area is 129 Å². The number of rotatable bonds is 7. The van der Waals surface area contributed by atoms with E-state index in [9.17, 15) is 4.79 Å². The van der Waals surface area contributed by atoms with Crippen molar-refractivity contribution in [3.8, 4) is 0 Å². The molecule has 1 aromatic heterocycles. The summed E-state index contributed by atoms with van der Waals surface area (Å²) in [6.07, 6.45) is 2.23. The molecule has 0 amide bonds. The van der Waals surface area contributed by atoms with Crippen molar-refractivity contribution < 1.29 is 9.53 Å². The van der Waals surface area contributed by atoms with Gasteiger partial charge in [0.15, 0.2) is 0 Å². The smallest absolute Gasteiger partial charge is 0.326 e. The van der Waals surface area contributed by atoms with Gasteiger partial charge in [0.05, 0.1) is 29.0 Å². The van der Waals surface area contributed by atoms with Gasteiger partial charge in [-0.2, -0.15) is 0 Å². The van der Waals surface area contributed by atoms with Crippen molar-refractivity contribution in [2.24, 2.45) is 5.73 Å². The molecule has 0 unspecified atom stereocenters. The number of aromatic nitrogens is 2. The van der Waals surface area contributed by atoms with Crippen LogP contribution in [-0.2, 0) is 22.5 Å². The third-order valence-corrected chi connectivity index (χ3v) is 3.26. The molecule has 112 valence electrons. The number of hydrogen-bond acceptors (Lipinski definition) is 4. The number of hydrogen-bond donors (Lipinski definition) is 1. The van der Waals surface area contributed by atoms with E-state index < -0.39 is 0 Å². The van der Waals surface area contributed by atoms with Gasteiger partial charge in [0.25, 0.3) is 0 Å². The molecule has 2 rings (SSSR count). The van der Waals surface area contributed by atoms with E-state index in [-0.39, 0.29) is 12.5 Å². The lowest BCUT2D eigenvalue weighted by Gasteiger charge is -2.09. The Hall–Kier alpha value is -1.95. The number of fused-ring (bicyclic) bond motifs is 1. The number of nitrogens with zero attached hydrogens (tertiary/aromatic N) is 2. The minimum absolute atomic E-state index is 0.127. The zero-order valence-corrected chi connectivity index (χ0v) is 12.9. The SMILES string of the molecule is CCCCOC(=O)Cn1c(CC(N)=S)nc2ccccc21. The van der Waals surface area contributed by atoms with Crippen molar-refractivity contribution in [1.29, 1.82) is 0 Å². The molecule has 0 bridgehead atoms. The lowest BCUT2D eigenvalue weighted by molar-refractivity contribution is -0.144. The van der Waals surface area contributed by atoms with Crippen LogP contribution >= 0.6 is 12.2 Å². The van der Waals surface area contributed by atoms with Crippen LogP contribution in [0.25, 0.3) is 11.0 Å². The molecule has 0 saturated carbocycles. The molecule has 0 radical (unpaired) electrons. The third-order valence-electron chi connectivity index (χ3n) is 3.11. The summed E-state index contributed by atoms with van der Waals surface area (Å²) in [7, 11) is 0. The fourth-order valence-electron chi connectivity index (χ4n) is 2.10. The van der Waals surface area contributed by atoms with Crippen molar-refractivity contribution >= 4 is 34.2 Å². The Morgan fingerprint density at radius 2 is 2.19 bits per heavy atom. The standard InChI is InChI=1S/C15H19N3O2S/c1-2-3-8-20-15(19)10-18-12-7-5-4-6-11(12)17-14(18)9-13(16)21/h4-7H,2-3,8-10H2,1H3,(H2,16,21). The zero-order chi connectivity index (χ0) is 15.2. The second-order valence-electron chi connectivity index (χ2n) is 4.82. The van der Waals surface area contributed by atoms with Gasteiger partial charge in [-0.15, -0.1) is 0 Å². The minimum atomic E-state index is -0.268. The average Bonchev–Trinajstić information content (AvgIpc) is 2.76. The lowest BCUT2D eigenvalue weighted by Crippen LogP contribution is -2.19. The average molecular weight is 305 g/mol. The number of benzene rings is 1. The second kappa shape index (κ2) is 7.17. The number of nitrogens with two attached hydrogens (primary N) is 1. The van der Waals surface area contributed by atoms with E-state index in [0.29, 0.717) is 23.8 Å². The largest absolute Gasteiger partial charge is 0.464 e. The number of thiocarbonyl (C=S) groups is 1. The monoisotopic (exact) mass is 305 g/mol. The molecule has 0 spiro atoms. The number of carbonyl (C=O) groups is 1. The normalized spacial score (nSPS) is 10.7. The highest BCUT2D eigenvalue weighted by molar-refractivity contribution is 7.80. The maximum Gasteiger partial charge on any atom is 0.326 e. The van der Waals surface area contributed by atoms with Crippen molar-refractivity contribution in [2.75, 3.05) is 6.61 Å². The van der Waals surface area contributed by atoms with Crippen LogP contribution < -0.4 is 5.73 Å². The number of unbranched alkanes of at least 4 members (excludes halogenated alkanes) is 1. The molecule has 2 N–H and O–H groups in total. The predicted molar refractivity (Wildman–Crippen MR) is 86.1 cm³/mol. The van der Waals surface area contributed by atoms with Gasteiger partial charge in [0.2, 0.25) is 0 Å². The summed E-state index contributed by atoms with van der Waals surface area (Å²) in [4.78, 5) is 16.8. The van der Waals surface area contributed by atoms with E-state index in [0.717, 1.165) is 23.9 Å². The number of imidazole rings is 1. The first-order valence-electron chi connectivity index (χ1n) is 7.00. The Morgan fingerprint density at radius 3 is 2.90 bits per heavy atom. The number of carbonyl (C=O) groups excluding carboxylic acids is 1. The first-order valence-corrected chi connectivity index (χ1v) is 7.40. The summed E-state index contributed by atoms with van der Waals surface area (Å²) in [6.45, 7) is 2.63. The number of ether oxygens (including phenoxy) is 1. The van der Waals surface area contributed by atoms with Crippen LogP contribution in [0.5, 0.6) is 0 Å². The summed E-state index contributed by atoms with van der Waals surface area (Å²) in [5, 5.41) is 0. The summed E-state index contributed by atoms with van der Waals surface area (Å²) in [5.41, 5.74) is 7.32. The van der Waals surface area contributed by atoms with Crippen molar-refractivity contribution in [2.45, 2.75) is 32.7 Å². The van der Waals surface area contributed by atoms with Crippen LogP contribution in [0.1, 0.15) is 25.6 Å². The van der Waals surface area contributed by atoms with Gasteiger partial charge in [0, 0.05) is 0 Å². The number of para-hydroxylation sites is 2. The van der Waals surface area contributed by atoms with Crippen LogP contribution in [0, 0.1) is 0 Å². The predicted octanol–water partition coefficient (Wildman–Crippen LogP) is 2.21. The topological polar surface area (TPSA) is 70.1 Å². The molecule has 0 aliphatic heterocycles. The summed E-state index contributed by atoms with van der Waals surface area (Å²) in [5.74, 6) is 0.423. The fourth-order valence-corrected chi connectivity index (χ4v) is 2.23. The second-order valence-corrected chi connectivity index (χ2v) is 5.34. The Bertz CT molecular complexity index is 651. The maximum atomic E-state index is 11.9. The lowest BCUT2D eigenvalue weighted by atomic mass is 10.3. The van der Waals surface area contributed by atoms with E-state index in [4.69, 9.17) is 22.7 Å². The molecule has 0 atom stereocenters. The minimum Gasteiger partial charge on any atom is -0.464 e. The third kappa shape index (κ3) is 4.01. The molecule has 5 nitrogen and oxygen atoms in total. The van der Waals surface area contributed by atoms with E-state index >= 15 is 0 Å². The summed E-state index contributed by atoms with van der Waals surface area (Å²) >= 11 is 4.95. The van der Waals surface area contributed by atoms with Crippen molar-refractivity contribution in [3.63, 3.8) is 0 Å². The molecule has 0 saturated heterocycles. The highest BCUT2D eigenvalue weighted by Crippen LogP contribution is 2.16. The Kier molecular flexibility index (Phi) is 5.27. The molecule has 1 aromatic carbocycles. The Morgan fingerprint density at radius 1 is 1.43 bits per heavy atom. The van der Waals surface area contributed by atoms with E-state index in [2.05, 4.69) is 11.9 Å². The number of esters is 1. The van der Waals surface area contributed by atoms with Gasteiger partial charge < -0.3 is 15.0 Å². The molecule has 1 heterocycles. The van der Waals surface area contributed by atoms with Gasteiger partial charge in [-0.25, -0.2) is 4.98 Å². The molecular formula is C15H19N3O2S. The van der Waals surface area contributed by atoms with Gasteiger partial charge in [-0.3, -0.25) is 4.79 Å². The quantitative estimate of drug-likeness (QED) is 0.482. The van der Waals surface area contributed by atoms with Gasteiger partial charge in [0.1, 0.15) is 12.4 Å². The molecule has 6 heteroatoms. The first-order chi connectivity index (χ1) is 10.1. The van der Waals surface area contributed by atoms with Gasteiger partial charge in [-0.05, 0) is 18.6 Å². The van der Waals surface area contributed by atoms with Crippen LogP contribution in [0.4, 0.5) is 0 Å². The fraction of sp³-hybridized carbons (Fsp3) is 0.400. The molecule has 2 aromatic rings. The van der Waals surface area contributed by atoms with E-state index in [1.54, 1.807) is 0 Å². The highest BCUT2D eigenvalue weighted by Gasteiger charge is 2.14. The van der Waals surface area contributed by atoms with Crippen LogP contribution in [-0.4, -0.2) is 27.1 Å². The maximum absolute atomic E-state index is 11.9.